The van der Waals surface area contributed by atoms with Crippen LogP contribution in [0.5, 0.6) is 0 Å². The van der Waals surface area contributed by atoms with Crippen molar-refractivity contribution in [1.29, 1.82) is 0 Å². The van der Waals surface area contributed by atoms with Gasteiger partial charge in [0.2, 0.25) is 0 Å². The molecule has 1 aromatic heterocycles. The summed E-state index contributed by atoms with van der Waals surface area (Å²) in [4.78, 5) is 11.5. The van der Waals surface area contributed by atoms with E-state index in [9.17, 15) is 4.79 Å². The molecular formula is C16H25NO3. The van der Waals surface area contributed by atoms with Gasteiger partial charge >= 0.3 is 5.97 Å². The van der Waals surface area contributed by atoms with Crippen molar-refractivity contribution in [3.63, 3.8) is 0 Å². The smallest absolute Gasteiger partial charge is 0.341 e. The van der Waals surface area contributed by atoms with Crippen LogP contribution in [0.25, 0.3) is 0 Å². The number of ether oxygens (including phenoxy) is 1. The van der Waals surface area contributed by atoms with Gasteiger partial charge < -0.3 is 14.5 Å². The molecule has 0 amide bonds. The lowest BCUT2D eigenvalue weighted by Gasteiger charge is -2.35. The second-order valence-electron chi connectivity index (χ2n) is 6.51. The van der Waals surface area contributed by atoms with Crippen LogP contribution in [-0.2, 0) is 11.3 Å². The minimum absolute atomic E-state index is 0.337. The molecule has 1 aromatic rings. The van der Waals surface area contributed by atoms with Crippen LogP contribution in [-0.4, -0.2) is 19.1 Å². The maximum Gasteiger partial charge on any atom is 0.341 e. The van der Waals surface area contributed by atoms with Crippen molar-refractivity contribution < 1.29 is 13.9 Å². The Bertz CT molecular complexity index is 476. The monoisotopic (exact) mass is 279 g/mol. The molecule has 1 N–H and O–H groups in total. The van der Waals surface area contributed by atoms with E-state index in [0.29, 0.717) is 29.3 Å². The van der Waals surface area contributed by atoms with Crippen molar-refractivity contribution >= 4 is 5.97 Å². The average molecular weight is 279 g/mol. The highest BCUT2D eigenvalue weighted by Gasteiger charge is 2.27. The molecule has 0 bridgehead atoms. The summed E-state index contributed by atoms with van der Waals surface area (Å²) in [6.07, 6.45) is 4.98. The molecule has 112 valence electrons. The topological polar surface area (TPSA) is 51.5 Å². The van der Waals surface area contributed by atoms with Gasteiger partial charge in [0.25, 0.3) is 0 Å². The second-order valence-corrected chi connectivity index (χ2v) is 6.51. The number of aryl methyl sites for hydroxylation is 1. The lowest BCUT2D eigenvalue weighted by Crippen LogP contribution is -2.36. The molecule has 1 saturated carbocycles. The van der Waals surface area contributed by atoms with Gasteiger partial charge in [0.1, 0.15) is 17.1 Å². The quantitative estimate of drug-likeness (QED) is 0.858. The van der Waals surface area contributed by atoms with Crippen LogP contribution >= 0.6 is 0 Å². The maximum absolute atomic E-state index is 11.5. The molecule has 0 aliphatic heterocycles. The Balaban J connectivity index is 1.93. The summed E-state index contributed by atoms with van der Waals surface area (Å²) >= 11 is 0. The molecule has 2 rings (SSSR count). The SMILES string of the molecule is COC(=O)c1cc(CNC2CCCC(C)(C)C2)oc1C. The second kappa shape index (κ2) is 6.00. The Labute approximate surface area is 120 Å². The van der Waals surface area contributed by atoms with E-state index in [-0.39, 0.29) is 5.97 Å². The summed E-state index contributed by atoms with van der Waals surface area (Å²) in [5.74, 6) is 1.08. The molecule has 1 aliphatic carbocycles. The van der Waals surface area contributed by atoms with Crippen LogP contribution in [0.3, 0.4) is 0 Å². The zero-order valence-corrected chi connectivity index (χ0v) is 12.9. The summed E-state index contributed by atoms with van der Waals surface area (Å²) in [5.41, 5.74) is 0.944. The molecule has 4 heteroatoms. The molecule has 1 heterocycles. The number of methoxy groups -OCH3 is 1. The zero-order chi connectivity index (χ0) is 14.8. The minimum Gasteiger partial charge on any atom is -0.465 e. The predicted molar refractivity (Wildman–Crippen MR) is 77.7 cm³/mol. The summed E-state index contributed by atoms with van der Waals surface area (Å²) in [7, 11) is 1.39. The van der Waals surface area contributed by atoms with Gasteiger partial charge in [-0.25, -0.2) is 4.79 Å². The highest BCUT2D eigenvalue weighted by Crippen LogP contribution is 2.35. The number of nitrogens with one attached hydrogen (secondary N) is 1. The molecular weight excluding hydrogens is 254 g/mol. The van der Waals surface area contributed by atoms with E-state index < -0.39 is 0 Å². The summed E-state index contributed by atoms with van der Waals surface area (Å²) in [5, 5.41) is 3.55. The Hall–Kier alpha value is -1.29. The van der Waals surface area contributed by atoms with E-state index in [2.05, 4.69) is 19.2 Å². The van der Waals surface area contributed by atoms with E-state index in [1.165, 1.54) is 32.8 Å². The summed E-state index contributed by atoms with van der Waals surface area (Å²) in [6, 6.07) is 2.31. The molecule has 0 radical (unpaired) electrons. The van der Waals surface area contributed by atoms with Crippen molar-refractivity contribution in [2.24, 2.45) is 5.41 Å². The maximum atomic E-state index is 11.5. The first-order valence-corrected chi connectivity index (χ1v) is 7.32. The third-order valence-corrected chi connectivity index (χ3v) is 4.14. The lowest BCUT2D eigenvalue weighted by atomic mass is 9.75. The lowest BCUT2D eigenvalue weighted by molar-refractivity contribution is 0.0599. The molecule has 1 fully saturated rings. The third kappa shape index (κ3) is 3.63. The number of carbonyl (C=O) groups is 1. The first-order valence-electron chi connectivity index (χ1n) is 7.32. The Morgan fingerprint density at radius 3 is 2.95 bits per heavy atom. The number of furan rings is 1. The Morgan fingerprint density at radius 2 is 2.30 bits per heavy atom. The van der Waals surface area contributed by atoms with Crippen molar-refractivity contribution in [3.8, 4) is 0 Å². The van der Waals surface area contributed by atoms with Gasteiger partial charge in [-0.2, -0.15) is 0 Å². The van der Waals surface area contributed by atoms with Gasteiger partial charge in [-0.05, 0) is 37.7 Å². The van der Waals surface area contributed by atoms with Gasteiger partial charge in [0.15, 0.2) is 0 Å². The first kappa shape index (κ1) is 15.1. The first-order chi connectivity index (χ1) is 9.41. The zero-order valence-electron chi connectivity index (χ0n) is 12.9. The highest BCUT2D eigenvalue weighted by molar-refractivity contribution is 5.90. The number of hydrogen-bond acceptors (Lipinski definition) is 4. The molecule has 0 saturated heterocycles. The summed E-state index contributed by atoms with van der Waals surface area (Å²) in [6.45, 7) is 7.11. The fourth-order valence-electron chi connectivity index (χ4n) is 3.06. The van der Waals surface area contributed by atoms with Gasteiger partial charge in [0.05, 0.1) is 13.7 Å². The number of hydrogen-bond donors (Lipinski definition) is 1. The van der Waals surface area contributed by atoms with Crippen molar-refractivity contribution in [2.75, 3.05) is 7.11 Å². The third-order valence-electron chi connectivity index (χ3n) is 4.14. The Kier molecular flexibility index (Phi) is 4.53. The van der Waals surface area contributed by atoms with Gasteiger partial charge in [-0.3, -0.25) is 0 Å². The van der Waals surface area contributed by atoms with E-state index in [0.717, 1.165) is 5.76 Å². The predicted octanol–water partition coefficient (Wildman–Crippen LogP) is 3.43. The van der Waals surface area contributed by atoms with Crippen LogP contribution in [0.15, 0.2) is 10.5 Å². The molecule has 1 unspecified atom stereocenters. The van der Waals surface area contributed by atoms with Crippen LogP contribution in [0.2, 0.25) is 0 Å². The molecule has 1 atom stereocenters. The van der Waals surface area contributed by atoms with Crippen LogP contribution < -0.4 is 5.32 Å². The molecule has 20 heavy (non-hydrogen) atoms. The molecule has 0 spiro atoms. The molecule has 4 nitrogen and oxygen atoms in total. The molecule has 0 aromatic carbocycles. The minimum atomic E-state index is -0.337. The van der Waals surface area contributed by atoms with Gasteiger partial charge in [-0.15, -0.1) is 0 Å². The van der Waals surface area contributed by atoms with Gasteiger partial charge in [0, 0.05) is 6.04 Å². The van der Waals surface area contributed by atoms with E-state index in [1.54, 1.807) is 13.0 Å². The van der Waals surface area contributed by atoms with Crippen molar-refractivity contribution in [3.05, 3.63) is 23.2 Å². The fraction of sp³-hybridized carbons (Fsp3) is 0.688. The van der Waals surface area contributed by atoms with Gasteiger partial charge in [-0.1, -0.05) is 20.3 Å². The van der Waals surface area contributed by atoms with Crippen molar-refractivity contribution in [1.82, 2.24) is 5.32 Å². The Morgan fingerprint density at radius 1 is 1.55 bits per heavy atom. The average Bonchev–Trinajstić information content (AvgIpc) is 2.76. The normalized spacial score (nSPS) is 21.7. The summed E-state index contributed by atoms with van der Waals surface area (Å²) < 4.78 is 10.4. The van der Waals surface area contributed by atoms with E-state index in [4.69, 9.17) is 9.15 Å². The number of esters is 1. The largest absolute Gasteiger partial charge is 0.465 e. The van der Waals surface area contributed by atoms with Crippen LogP contribution in [0.1, 0.15) is 61.4 Å². The number of rotatable bonds is 4. The standard InChI is InChI=1S/C16H25NO3/c1-11-14(15(18)19-4)8-13(20-11)10-17-12-6-5-7-16(2,3)9-12/h8,12,17H,5-7,9-10H2,1-4H3. The van der Waals surface area contributed by atoms with Crippen molar-refractivity contribution in [2.45, 2.75) is 59.0 Å². The van der Waals surface area contributed by atoms with E-state index >= 15 is 0 Å². The number of carbonyl (C=O) groups excluding carboxylic acids is 1. The fourth-order valence-corrected chi connectivity index (χ4v) is 3.06. The van der Waals surface area contributed by atoms with Crippen LogP contribution in [0.4, 0.5) is 0 Å². The highest BCUT2D eigenvalue weighted by atomic mass is 16.5. The molecule has 1 aliphatic rings. The van der Waals surface area contributed by atoms with Crippen LogP contribution in [0, 0.1) is 12.3 Å². The van der Waals surface area contributed by atoms with E-state index in [1.807, 2.05) is 0 Å².